The molecule has 1 atom stereocenters. The fourth-order valence-electron chi connectivity index (χ4n) is 4.56. The summed E-state index contributed by atoms with van der Waals surface area (Å²) in [6, 6.07) is 5.60. The van der Waals surface area contributed by atoms with Gasteiger partial charge in [-0.2, -0.15) is 0 Å². The van der Waals surface area contributed by atoms with Crippen molar-refractivity contribution in [2.24, 2.45) is 0 Å². The fourth-order valence-corrected chi connectivity index (χ4v) is 4.56. The van der Waals surface area contributed by atoms with Crippen molar-refractivity contribution in [1.82, 2.24) is 20.4 Å². The monoisotopic (exact) mass is 388 g/mol. The molecule has 0 bridgehead atoms. The molecule has 1 aliphatic carbocycles. The number of hydrogen-bond acceptors (Lipinski definition) is 4. The number of nitrogens with one attached hydrogen (secondary N) is 2. The lowest BCUT2D eigenvalue weighted by Crippen LogP contribution is -2.49. The third-order valence-electron chi connectivity index (χ3n) is 6.05. The molecule has 28 heavy (non-hydrogen) atoms. The van der Waals surface area contributed by atoms with E-state index in [1.807, 2.05) is 6.07 Å². The van der Waals surface area contributed by atoms with Crippen LogP contribution in [0.5, 0.6) is 0 Å². The van der Waals surface area contributed by atoms with E-state index < -0.39 is 11.6 Å². The highest BCUT2D eigenvalue weighted by molar-refractivity contribution is 6.07. The summed E-state index contributed by atoms with van der Waals surface area (Å²) >= 11 is 0. The Morgan fingerprint density at radius 2 is 2.04 bits per heavy atom. The van der Waals surface area contributed by atoms with Gasteiger partial charge in [-0.3, -0.25) is 14.5 Å². The summed E-state index contributed by atoms with van der Waals surface area (Å²) < 4.78 is 13.6. The zero-order valence-electron chi connectivity index (χ0n) is 15.7. The molecule has 0 aromatic heterocycles. The lowest BCUT2D eigenvalue weighted by molar-refractivity contribution is -0.136. The number of halogens is 1. The Hall–Kier alpha value is -2.48. The van der Waals surface area contributed by atoms with Gasteiger partial charge in [-0.1, -0.05) is 25.0 Å². The molecule has 1 spiro atoms. The average molecular weight is 388 g/mol. The summed E-state index contributed by atoms with van der Waals surface area (Å²) in [5.74, 6) is -0.676. The maximum atomic E-state index is 13.6. The van der Waals surface area contributed by atoms with Gasteiger partial charge in [-0.25, -0.2) is 9.18 Å². The van der Waals surface area contributed by atoms with Gasteiger partial charge < -0.3 is 15.5 Å². The summed E-state index contributed by atoms with van der Waals surface area (Å²) in [7, 11) is 0. The summed E-state index contributed by atoms with van der Waals surface area (Å²) in [6.45, 7) is 1.78. The zero-order valence-corrected chi connectivity index (χ0v) is 15.7. The molecule has 2 heterocycles. The number of imide groups is 1. The standard InChI is InChI=1S/C20H25FN4O3/c21-15-5-3-4-14(12-15)16-13-22-9-11-24(16)17(26)6-10-25-18(27)20(23-19(25)28)7-1-2-8-20/h3-5,12,16,22H,1-2,6-11,13H2,(H,23,28). The zero-order chi connectivity index (χ0) is 19.7. The highest BCUT2D eigenvalue weighted by Gasteiger charge is 2.52. The number of amides is 4. The van der Waals surface area contributed by atoms with Gasteiger partial charge in [0.05, 0.1) is 6.04 Å². The lowest BCUT2D eigenvalue weighted by atomic mass is 9.98. The second-order valence-corrected chi connectivity index (χ2v) is 7.79. The number of carbonyl (C=O) groups is 3. The van der Waals surface area contributed by atoms with E-state index in [2.05, 4.69) is 10.6 Å². The van der Waals surface area contributed by atoms with Crippen LogP contribution in [0.25, 0.3) is 0 Å². The maximum absolute atomic E-state index is 13.6. The minimum absolute atomic E-state index is 0.0705. The molecule has 2 N–H and O–H groups in total. The van der Waals surface area contributed by atoms with Crippen LogP contribution in [0.3, 0.4) is 0 Å². The first-order valence-electron chi connectivity index (χ1n) is 9.90. The van der Waals surface area contributed by atoms with E-state index >= 15 is 0 Å². The Labute approximate surface area is 163 Å². The first kappa shape index (κ1) is 18.9. The molecular formula is C20H25FN4O3. The smallest absolute Gasteiger partial charge is 0.325 e. The highest BCUT2D eigenvalue weighted by Crippen LogP contribution is 2.35. The summed E-state index contributed by atoms with van der Waals surface area (Å²) in [5, 5.41) is 6.07. The van der Waals surface area contributed by atoms with Crippen LogP contribution in [0.2, 0.25) is 0 Å². The van der Waals surface area contributed by atoms with Crippen LogP contribution in [-0.4, -0.2) is 59.4 Å². The van der Waals surface area contributed by atoms with E-state index in [1.54, 1.807) is 11.0 Å². The summed E-state index contributed by atoms with van der Waals surface area (Å²) in [5.41, 5.74) is -0.0142. The third-order valence-corrected chi connectivity index (χ3v) is 6.05. The van der Waals surface area contributed by atoms with Gasteiger partial charge in [-0.05, 0) is 30.5 Å². The maximum Gasteiger partial charge on any atom is 0.325 e. The topological polar surface area (TPSA) is 81.8 Å². The van der Waals surface area contributed by atoms with Crippen molar-refractivity contribution >= 4 is 17.8 Å². The largest absolute Gasteiger partial charge is 0.333 e. The molecule has 4 rings (SSSR count). The molecule has 3 aliphatic rings. The first-order chi connectivity index (χ1) is 13.5. The molecule has 8 heteroatoms. The van der Waals surface area contributed by atoms with Crippen molar-refractivity contribution in [2.45, 2.75) is 43.7 Å². The van der Waals surface area contributed by atoms with Crippen LogP contribution in [0.4, 0.5) is 9.18 Å². The fraction of sp³-hybridized carbons (Fsp3) is 0.550. The molecule has 4 amide bonds. The first-order valence-corrected chi connectivity index (χ1v) is 9.90. The second kappa shape index (κ2) is 7.50. The van der Waals surface area contributed by atoms with Crippen LogP contribution in [0, 0.1) is 5.82 Å². The normalized spacial score (nSPS) is 24.1. The Morgan fingerprint density at radius 3 is 2.79 bits per heavy atom. The van der Waals surface area contributed by atoms with Crippen LogP contribution >= 0.6 is 0 Å². The minimum Gasteiger partial charge on any atom is -0.333 e. The molecule has 3 fully saturated rings. The number of nitrogens with zero attached hydrogens (tertiary/aromatic N) is 2. The number of hydrogen-bond donors (Lipinski definition) is 2. The highest BCUT2D eigenvalue weighted by atomic mass is 19.1. The molecule has 1 aromatic rings. The van der Waals surface area contributed by atoms with E-state index in [0.717, 1.165) is 18.4 Å². The Morgan fingerprint density at radius 1 is 1.25 bits per heavy atom. The number of piperazine rings is 1. The molecule has 0 radical (unpaired) electrons. The molecule has 1 unspecified atom stereocenters. The SMILES string of the molecule is O=C1NC2(CCCC2)C(=O)N1CCC(=O)N1CCNCC1c1cccc(F)c1. The van der Waals surface area contributed by atoms with E-state index in [4.69, 9.17) is 0 Å². The second-order valence-electron chi connectivity index (χ2n) is 7.79. The Bertz CT molecular complexity index is 793. The molecule has 2 saturated heterocycles. The molecule has 1 aromatic carbocycles. The predicted molar refractivity (Wildman–Crippen MR) is 99.8 cm³/mol. The van der Waals surface area contributed by atoms with Gasteiger partial charge in [-0.15, -0.1) is 0 Å². The summed E-state index contributed by atoms with van der Waals surface area (Å²) in [6.07, 6.45) is 3.26. The van der Waals surface area contributed by atoms with E-state index in [1.165, 1.54) is 17.0 Å². The van der Waals surface area contributed by atoms with E-state index in [-0.39, 0.29) is 36.6 Å². The van der Waals surface area contributed by atoms with Gasteiger partial charge in [0.25, 0.3) is 5.91 Å². The van der Waals surface area contributed by atoms with Gasteiger partial charge in [0.1, 0.15) is 11.4 Å². The number of urea groups is 1. The van der Waals surface area contributed by atoms with Gasteiger partial charge in [0, 0.05) is 32.6 Å². The number of rotatable bonds is 4. The van der Waals surface area contributed by atoms with Crippen LogP contribution in [-0.2, 0) is 9.59 Å². The lowest BCUT2D eigenvalue weighted by Gasteiger charge is -2.37. The van der Waals surface area contributed by atoms with Gasteiger partial charge >= 0.3 is 6.03 Å². The van der Waals surface area contributed by atoms with Crippen LogP contribution < -0.4 is 10.6 Å². The van der Waals surface area contributed by atoms with Crippen LogP contribution in [0.15, 0.2) is 24.3 Å². The van der Waals surface area contributed by atoms with Crippen molar-refractivity contribution in [2.75, 3.05) is 26.2 Å². The predicted octanol–water partition coefficient (Wildman–Crippen LogP) is 1.55. The van der Waals surface area contributed by atoms with Crippen molar-refractivity contribution in [3.8, 4) is 0 Å². The number of carbonyl (C=O) groups excluding carboxylic acids is 3. The number of benzene rings is 1. The third kappa shape index (κ3) is 3.37. The Kier molecular flexibility index (Phi) is 5.05. The van der Waals surface area contributed by atoms with Crippen molar-refractivity contribution in [1.29, 1.82) is 0 Å². The molecule has 7 nitrogen and oxygen atoms in total. The van der Waals surface area contributed by atoms with Gasteiger partial charge in [0.15, 0.2) is 0 Å². The molecule has 2 aliphatic heterocycles. The quantitative estimate of drug-likeness (QED) is 0.767. The van der Waals surface area contributed by atoms with Crippen molar-refractivity contribution in [3.63, 3.8) is 0 Å². The molecule has 150 valence electrons. The van der Waals surface area contributed by atoms with Crippen molar-refractivity contribution in [3.05, 3.63) is 35.6 Å². The van der Waals surface area contributed by atoms with Gasteiger partial charge in [0.2, 0.25) is 5.91 Å². The summed E-state index contributed by atoms with van der Waals surface area (Å²) in [4.78, 5) is 40.8. The van der Waals surface area contributed by atoms with E-state index in [0.29, 0.717) is 32.5 Å². The minimum atomic E-state index is -0.751. The molecule has 1 saturated carbocycles. The van der Waals surface area contributed by atoms with E-state index in [9.17, 15) is 18.8 Å². The van der Waals surface area contributed by atoms with Crippen LogP contribution in [0.1, 0.15) is 43.7 Å². The van der Waals surface area contributed by atoms with Crippen molar-refractivity contribution < 1.29 is 18.8 Å². The molecular weight excluding hydrogens is 363 g/mol. The Balaban J connectivity index is 1.42. The average Bonchev–Trinajstić information content (AvgIpc) is 3.25.